The van der Waals surface area contributed by atoms with Crippen LogP contribution < -0.4 is 21.3 Å². The number of amides is 1. The van der Waals surface area contributed by atoms with Gasteiger partial charge in [0.25, 0.3) is 5.56 Å². The Morgan fingerprint density at radius 2 is 1.91 bits per heavy atom. The fourth-order valence-electron chi connectivity index (χ4n) is 4.84. The summed E-state index contributed by atoms with van der Waals surface area (Å²) in [6.07, 6.45) is -0.735. The summed E-state index contributed by atoms with van der Waals surface area (Å²) < 4.78 is 61.0. The lowest BCUT2D eigenvalue weighted by Crippen LogP contribution is -2.37. The second kappa shape index (κ2) is 14.6. The van der Waals surface area contributed by atoms with Gasteiger partial charge in [-0.15, -0.1) is 0 Å². The van der Waals surface area contributed by atoms with E-state index in [2.05, 4.69) is 45.5 Å². The molecular weight excluding hydrogens is 614 g/mol. The van der Waals surface area contributed by atoms with Gasteiger partial charge in [0.15, 0.2) is 0 Å². The Bertz CT molecular complexity index is 1530. The molecule has 1 fully saturated rings. The van der Waals surface area contributed by atoms with Gasteiger partial charge in [0, 0.05) is 51.8 Å². The number of rotatable bonds is 13. The van der Waals surface area contributed by atoms with Gasteiger partial charge in [-0.3, -0.25) is 14.4 Å². The van der Waals surface area contributed by atoms with Gasteiger partial charge in [0.2, 0.25) is 11.9 Å². The normalized spacial score (nSPS) is 15.3. The fourth-order valence-corrected chi connectivity index (χ4v) is 5.59. The molecule has 1 saturated heterocycles. The average Bonchev–Trinajstić information content (AvgIpc) is 2.95. The Hall–Kier alpha value is -3.63. The molecule has 0 bridgehead atoms. The first kappa shape index (κ1) is 34.2. The average molecular weight is 654 g/mol. The van der Waals surface area contributed by atoms with Gasteiger partial charge in [-0.05, 0) is 49.9 Å². The van der Waals surface area contributed by atoms with Crippen LogP contribution in [0.25, 0.3) is 10.9 Å². The lowest BCUT2D eigenvalue weighted by atomic mass is 9.93. The molecule has 0 radical (unpaired) electrons. The summed E-state index contributed by atoms with van der Waals surface area (Å²) in [6.45, 7) is 9.05. The number of nitrogens with one attached hydrogen (secondary N) is 2. The zero-order valence-corrected chi connectivity index (χ0v) is 26.8. The molecule has 4 rings (SSSR count). The van der Waals surface area contributed by atoms with Crippen molar-refractivity contribution in [3.05, 3.63) is 52.3 Å². The number of carbonyl (C=O) groups is 1. The van der Waals surface area contributed by atoms with Gasteiger partial charge in [0.05, 0.1) is 24.0 Å². The largest absolute Gasteiger partial charge is 0.423 e. The van der Waals surface area contributed by atoms with Crippen LogP contribution in [-0.4, -0.2) is 66.1 Å². The number of piperidine rings is 1. The Kier molecular flexibility index (Phi) is 11.1. The summed E-state index contributed by atoms with van der Waals surface area (Å²) in [5, 5.41) is 7.08. The lowest BCUT2D eigenvalue weighted by molar-refractivity contribution is -0.138. The van der Waals surface area contributed by atoms with Crippen molar-refractivity contribution < 1.29 is 31.9 Å². The van der Waals surface area contributed by atoms with Crippen LogP contribution in [0.15, 0.2) is 35.4 Å². The third-order valence-electron chi connectivity index (χ3n) is 7.36. The third kappa shape index (κ3) is 9.93. The van der Waals surface area contributed by atoms with Gasteiger partial charge >= 0.3 is 6.18 Å². The molecule has 1 unspecified atom stereocenters. The summed E-state index contributed by atoms with van der Waals surface area (Å²) >= 11 is 0. The molecule has 0 spiro atoms. The molecule has 1 amide bonds. The summed E-state index contributed by atoms with van der Waals surface area (Å²) in [5.74, 6) is -0.0499. The predicted octanol–water partition coefficient (Wildman–Crippen LogP) is 4.81. The van der Waals surface area contributed by atoms with Crippen LogP contribution >= 0.6 is 0 Å². The van der Waals surface area contributed by atoms with Crippen LogP contribution in [-0.2, 0) is 27.3 Å². The minimum absolute atomic E-state index is 0.0985. The van der Waals surface area contributed by atoms with E-state index in [1.165, 1.54) is 12.1 Å². The van der Waals surface area contributed by atoms with Crippen molar-refractivity contribution in [2.24, 2.45) is 5.92 Å². The van der Waals surface area contributed by atoms with Crippen LogP contribution in [0.5, 0.6) is 0 Å². The smallest absolute Gasteiger partial charge is 0.378 e. The summed E-state index contributed by atoms with van der Waals surface area (Å²) in [7, 11) is -1.40. The minimum atomic E-state index is -4.92. The van der Waals surface area contributed by atoms with Gasteiger partial charge < -0.3 is 15.0 Å². The van der Waals surface area contributed by atoms with E-state index in [1.54, 1.807) is 19.2 Å². The zero-order chi connectivity index (χ0) is 32.8. The summed E-state index contributed by atoms with van der Waals surface area (Å²) in [5.41, 5.74) is -0.168. The maximum Gasteiger partial charge on any atom is 0.423 e. The molecule has 11 nitrogen and oxygen atoms in total. The van der Waals surface area contributed by atoms with Gasteiger partial charge in [0.1, 0.15) is 18.1 Å². The van der Waals surface area contributed by atoms with Crippen molar-refractivity contribution in [2.75, 3.05) is 36.5 Å². The van der Waals surface area contributed by atoms with E-state index in [-0.39, 0.29) is 37.4 Å². The van der Waals surface area contributed by atoms with Crippen molar-refractivity contribution in [3.63, 3.8) is 0 Å². The standard InChI is InChI=1S/C29H39F4N7O4Si/c1-19(36-24-16-35-40(18-43-11-12-45(2,3)4)27(42)26(24)29(31,32)33)17-44-38-25(41)13-20-7-9-39(10-8-20)28-34-15-21-14-22(30)5-6-23(21)37-28/h5-6,14-16,19-20,36H,7-13,17-18H2,1-4H3,(H,38,41). The first-order valence-electron chi connectivity index (χ1n) is 14.8. The monoisotopic (exact) mass is 653 g/mol. The van der Waals surface area contributed by atoms with Crippen molar-refractivity contribution in [1.82, 2.24) is 25.2 Å². The number of nitrogens with zero attached hydrogens (tertiary/aromatic N) is 5. The quantitative estimate of drug-likeness (QED) is 0.116. The van der Waals surface area contributed by atoms with Gasteiger partial charge in [-0.2, -0.15) is 18.3 Å². The van der Waals surface area contributed by atoms with Crippen LogP contribution in [0.4, 0.5) is 29.2 Å². The number of fused-ring (bicyclic) bond motifs is 1. The topological polar surface area (TPSA) is 124 Å². The van der Waals surface area contributed by atoms with E-state index in [0.29, 0.717) is 41.2 Å². The highest BCUT2D eigenvalue weighted by molar-refractivity contribution is 6.76. The van der Waals surface area contributed by atoms with Gasteiger partial charge in [-0.25, -0.2) is 24.5 Å². The molecule has 45 heavy (non-hydrogen) atoms. The van der Waals surface area contributed by atoms with E-state index < -0.39 is 37.1 Å². The maximum atomic E-state index is 13.8. The van der Waals surface area contributed by atoms with Crippen molar-refractivity contribution in [2.45, 2.75) is 70.8 Å². The van der Waals surface area contributed by atoms with E-state index >= 15 is 0 Å². The summed E-state index contributed by atoms with van der Waals surface area (Å²) in [4.78, 5) is 41.2. The molecule has 1 aliphatic rings. The maximum absolute atomic E-state index is 13.8. The Morgan fingerprint density at radius 3 is 2.60 bits per heavy atom. The Morgan fingerprint density at radius 1 is 1.18 bits per heavy atom. The first-order valence-corrected chi connectivity index (χ1v) is 18.5. The van der Waals surface area contributed by atoms with Crippen LogP contribution in [0.3, 0.4) is 0 Å². The molecule has 3 aromatic rings. The Balaban J connectivity index is 1.22. The van der Waals surface area contributed by atoms with Crippen molar-refractivity contribution >= 4 is 36.5 Å². The zero-order valence-electron chi connectivity index (χ0n) is 25.8. The molecule has 1 aliphatic heterocycles. The minimum Gasteiger partial charge on any atom is -0.378 e. The number of hydrogen-bond donors (Lipinski definition) is 2. The number of alkyl halides is 3. The van der Waals surface area contributed by atoms with E-state index in [1.807, 2.05) is 4.90 Å². The van der Waals surface area contributed by atoms with E-state index in [4.69, 9.17) is 9.57 Å². The molecule has 0 saturated carbocycles. The number of hydroxylamine groups is 1. The van der Waals surface area contributed by atoms with Crippen molar-refractivity contribution in [3.8, 4) is 0 Å². The molecule has 3 heterocycles. The van der Waals surface area contributed by atoms with E-state index in [0.717, 1.165) is 25.1 Å². The molecule has 16 heteroatoms. The second-order valence-electron chi connectivity index (χ2n) is 12.5. The third-order valence-corrected chi connectivity index (χ3v) is 9.06. The molecule has 1 aromatic carbocycles. The highest BCUT2D eigenvalue weighted by atomic mass is 28.3. The number of aromatic nitrogens is 4. The van der Waals surface area contributed by atoms with Crippen LogP contribution in [0.1, 0.15) is 31.7 Å². The predicted molar refractivity (Wildman–Crippen MR) is 164 cm³/mol. The molecule has 2 N–H and O–H groups in total. The summed E-state index contributed by atoms with van der Waals surface area (Å²) in [6, 6.07) is 4.45. The number of ether oxygens (including phenoxy) is 1. The number of carbonyl (C=O) groups excluding carboxylic acids is 1. The van der Waals surface area contributed by atoms with Crippen molar-refractivity contribution in [1.29, 1.82) is 0 Å². The SMILES string of the molecule is CC(CONC(=O)CC1CCN(c2ncc3cc(F)ccc3n2)CC1)Nc1cnn(COCC[Si](C)(C)C)c(=O)c1C(F)(F)F. The molecule has 0 aliphatic carbocycles. The van der Waals surface area contributed by atoms with E-state index in [9.17, 15) is 27.2 Å². The van der Waals surface area contributed by atoms with Gasteiger partial charge in [-0.1, -0.05) is 19.6 Å². The number of anilines is 2. The van der Waals surface area contributed by atoms with Crippen LogP contribution in [0, 0.1) is 11.7 Å². The first-order chi connectivity index (χ1) is 21.2. The van der Waals surface area contributed by atoms with Crippen LogP contribution in [0.2, 0.25) is 25.7 Å². The number of hydrogen-bond acceptors (Lipinski definition) is 9. The molecule has 2 aromatic heterocycles. The highest BCUT2D eigenvalue weighted by Gasteiger charge is 2.38. The lowest BCUT2D eigenvalue weighted by Gasteiger charge is -2.31. The highest BCUT2D eigenvalue weighted by Crippen LogP contribution is 2.32. The molecule has 246 valence electrons. The second-order valence-corrected chi connectivity index (χ2v) is 18.1. The molecular formula is C29H39F4N7O4Si. The number of halogens is 4. The Labute approximate surface area is 259 Å². The number of benzene rings is 1. The molecule has 1 atom stereocenters. The fraction of sp³-hybridized carbons (Fsp3) is 0.552.